The van der Waals surface area contributed by atoms with Crippen LogP contribution in [0.2, 0.25) is 0 Å². The summed E-state index contributed by atoms with van der Waals surface area (Å²) < 4.78 is 6.02. The molecule has 0 fully saturated rings. The summed E-state index contributed by atoms with van der Waals surface area (Å²) in [5, 5.41) is 9.52. The number of thiocarbonyl (C=S) groups is 1. The lowest BCUT2D eigenvalue weighted by molar-refractivity contribution is -0.142. The molecule has 7 heteroatoms. The number of nitrogens with two attached hydrogens (primary N) is 1. The van der Waals surface area contributed by atoms with Crippen molar-refractivity contribution in [3.63, 3.8) is 0 Å². The van der Waals surface area contributed by atoms with Crippen LogP contribution in [0.3, 0.4) is 0 Å². The molecular weight excluding hydrogens is 422 g/mol. The number of carbonyl (C=O) groups is 1. The maximum absolute atomic E-state index is 11.6. The number of aliphatic carboxylic acids is 1. The molecule has 0 bridgehead atoms. The summed E-state index contributed by atoms with van der Waals surface area (Å²) in [6.45, 7) is 6.48. The molecule has 1 aliphatic carbocycles. The zero-order chi connectivity index (χ0) is 23.1. The summed E-state index contributed by atoms with van der Waals surface area (Å²) in [6.07, 6.45) is 6.09. The number of fused-ring (bicyclic) bond motifs is 1. The number of ether oxygens (including phenoxy) is 1. The molecule has 0 aliphatic heterocycles. The lowest BCUT2D eigenvalue weighted by Gasteiger charge is -2.23. The van der Waals surface area contributed by atoms with Crippen molar-refractivity contribution in [2.24, 2.45) is 11.7 Å². The van der Waals surface area contributed by atoms with Crippen molar-refractivity contribution in [2.45, 2.75) is 51.9 Å². The maximum Gasteiger partial charge on any atom is 0.307 e. The molecule has 0 saturated carbocycles. The van der Waals surface area contributed by atoms with Gasteiger partial charge in [-0.25, -0.2) is 4.98 Å². The smallest absolute Gasteiger partial charge is 0.307 e. The van der Waals surface area contributed by atoms with Crippen molar-refractivity contribution in [3.05, 3.63) is 53.2 Å². The average molecular weight is 456 g/mol. The van der Waals surface area contributed by atoms with E-state index in [1.807, 2.05) is 25.1 Å². The fraction of sp³-hybridized carbons (Fsp3) is 0.480. The Balaban J connectivity index is 1.54. The summed E-state index contributed by atoms with van der Waals surface area (Å²) >= 11 is 5.00. The molecule has 1 heterocycles. The van der Waals surface area contributed by atoms with Gasteiger partial charge in [0.25, 0.3) is 0 Å². The van der Waals surface area contributed by atoms with Crippen molar-refractivity contribution >= 4 is 29.0 Å². The van der Waals surface area contributed by atoms with E-state index in [9.17, 15) is 9.90 Å². The molecule has 0 spiro atoms. The Bertz CT molecular complexity index is 933. The van der Waals surface area contributed by atoms with Crippen molar-refractivity contribution in [1.82, 2.24) is 4.98 Å². The Morgan fingerprint density at radius 1 is 1.31 bits per heavy atom. The molecule has 3 rings (SSSR count). The highest BCUT2D eigenvalue weighted by Gasteiger charge is 2.33. The number of anilines is 1. The third-order valence-electron chi connectivity index (χ3n) is 6.17. The minimum atomic E-state index is -0.697. The molecule has 172 valence electrons. The van der Waals surface area contributed by atoms with E-state index < -0.39 is 5.97 Å². The number of hydrogen-bond acceptors (Lipinski definition) is 5. The minimum absolute atomic E-state index is 0.108. The van der Waals surface area contributed by atoms with Gasteiger partial charge in [0.15, 0.2) is 0 Å². The van der Waals surface area contributed by atoms with Crippen molar-refractivity contribution in [2.75, 3.05) is 24.6 Å². The lowest BCUT2D eigenvalue weighted by Crippen LogP contribution is -2.27. The van der Waals surface area contributed by atoms with Gasteiger partial charge in [0.05, 0.1) is 12.5 Å². The second kappa shape index (κ2) is 11.3. The molecule has 6 nitrogen and oxygen atoms in total. The van der Waals surface area contributed by atoms with E-state index in [0.717, 1.165) is 55.9 Å². The van der Waals surface area contributed by atoms with Gasteiger partial charge in [0.2, 0.25) is 0 Å². The zero-order valence-corrected chi connectivity index (χ0v) is 19.7. The molecule has 1 aliphatic rings. The topological polar surface area (TPSA) is 88.7 Å². The van der Waals surface area contributed by atoms with Gasteiger partial charge in [-0.15, -0.1) is 0 Å². The molecule has 1 aromatic carbocycles. The van der Waals surface area contributed by atoms with Crippen LogP contribution in [-0.2, 0) is 11.2 Å². The SMILES string of the molecule is CCCN(CCCOc1ccc2c(c1)CC[C@H]2C(CC)C(=O)O)c1ccc(C(N)=S)cn1. The van der Waals surface area contributed by atoms with Gasteiger partial charge in [0.1, 0.15) is 16.6 Å². The van der Waals surface area contributed by atoms with Crippen LogP contribution in [0, 0.1) is 5.92 Å². The van der Waals surface area contributed by atoms with Gasteiger partial charge in [-0.05, 0) is 73.4 Å². The van der Waals surface area contributed by atoms with Crippen molar-refractivity contribution < 1.29 is 14.6 Å². The van der Waals surface area contributed by atoms with Crippen LogP contribution in [0.4, 0.5) is 5.82 Å². The van der Waals surface area contributed by atoms with Crippen LogP contribution in [0.1, 0.15) is 62.1 Å². The second-order valence-electron chi connectivity index (χ2n) is 8.32. The third-order valence-corrected chi connectivity index (χ3v) is 6.41. The first-order valence-corrected chi connectivity index (χ1v) is 11.8. The minimum Gasteiger partial charge on any atom is -0.494 e. The summed E-state index contributed by atoms with van der Waals surface area (Å²) in [4.78, 5) is 18.7. The van der Waals surface area contributed by atoms with Crippen molar-refractivity contribution in [1.29, 1.82) is 0 Å². The van der Waals surface area contributed by atoms with Crippen LogP contribution in [0.15, 0.2) is 36.5 Å². The Labute approximate surface area is 195 Å². The molecule has 1 unspecified atom stereocenters. The Hall–Kier alpha value is -2.67. The highest BCUT2D eigenvalue weighted by atomic mass is 32.1. The van der Waals surface area contributed by atoms with E-state index >= 15 is 0 Å². The number of carboxylic acids is 1. The van der Waals surface area contributed by atoms with Gasteiger partial charge < -0.3 is 20.5 Å². The largest absolute Gasteiger partial charge is 0.494 e. The van der Waals surface area contributed by atoms with E-state index in [0.29, 0.717) is 18.0 Å². The number of carboxylic acid groups (broad SMARTS) is 1. The number of benzene rings is 1. The molecule has 3 N–H and O–H groups in total. The summed E-state index contributed by atoms with van der Waals surface area (Å²) in [6, 6.07) is 10.00. The molecule has 32 heavy (non-hydrogen) atoms. The van der Waals surface area contributed by atoms with Gasteiger partial charge in [-0.1, -0.05) is 32.1 Å². The zero-order valence-electron chi connectivity index (χ0n) is 18.9. The normalized spacial score (nSPS) is 15.8. The Morgan fingerprint density at radius 3 is 2.75 bits per heavy atom. The predicted octanol–water partition coefficient (Wildman–Crippen LogP) is 4.54. The first kappa shape index (κ1) is 24.0. The Kier molecular flexibility index (Phi) is 8.45. The van der Waals surface area contributed by atoms with E-state index in [-0.39, 0.29) is 11.8 Å². The standard InChI is InChI=1S/C25H33N3O3S/c1-3-12-28(23-11-7-18(16-27-23)24(26)32)13-5-14-31-19-8-10-21-17(15-19)6-9-22(21)20(4-2)25(29)30/h7-8,10-11,15-16,20,22H,3-6,9,12-14H2,1-2H3,(H2,26,32)(H,29,30)/t20?,22-/m0/s1. The van der Waals surface area contributed by atoms with Gasteiger partial charge >= 0.3 is 5.97 Å². The van der Waals surface area contributed by atoms with Crippen LogP contribution in [0.5, 0.6) is 5.75 Å². The van der Waals surface area contributed by atoms with Crippen LogP contribution < -0.4 is 15.4 Å². The fourth-order valence-corrected chi connectivity index (χ4v) is 4.66. The number of aryl methyl sites for hydroxylation is 1. The van der Waals surface area contributed by atoms with E-state index in [2.05, 4.69) is 28.9 Å². The summed E-state index contributed by atoms with van der Waals surface area (Å²) in [5.74, 6) is 0.873. The second-order valence-corrected chi connectivity index (χ2v) is 8.76. The highest BCUT2D eigenvalue weighted by Crippen LogP contribution is 2.41. The van der Waals surface area contributed by atoms with E-state index in [1.54, 1.807) is 6.20 Å². The number of hydrogen-bond donors (Lipinski definition) is 2. The number of pyridine rings is 1. The quantitative estimate of drug-likeness (QED) is 0.359. The van der Waals surface area contributed by atoms with Crippen LogP contribution in [-0.4, -0.2) is 40.7 Å². The predicted molar refractivity (Wildman–Crippen MR) is 132 cm³/mol. The molecule has 2 aromatic rings. The first-order chi connectivity index (χ1) is 15.4. The van der Waals surface area contributed by atoms with Gasteiger partial charge in [-0.3, -0.25) is 4.79 Å². The number of aromatic nitrogens is 1. The average Bonchev–Trinajstić information content (AvgIpc) is 3.19. The molecule has 1 aromatic heterocycles. The lowest BCUT2D eigenvalue weighted by atomic mass is 9.85. The molecule has 0 amide bonds. The van der Waals surface area contributed by atoms with Crippen LogP contribution in [0.25, 0.3) is 0 Å². The molecule has 0 saturated heterocycles. The molecule has 0 radical (unpaired) electrons. The van der Waals surface area contributed by atoms with Gasteiger partial charge in [0, 0.05) is 24.8 Å². The summed E-state index contributed by atoms with van der Waals surface area (Å²) in [7, 11) is 0. The number of nitrogens with zero attached hydrogens (tertiary/aromatic N) is 2. The molecular formula is C25H33N3O3S. The maximum atomic E-state index is 11.6. The Morgan fingerprint density at radius 2 is 2.12 bits per heavy atom. The number of rotatable bonds is 12. The van der Waals surface area contributed by atoms with Gasteiger partial charge in [-0.2, -0.15) is 0 Å². The first-order valence-electron chi connectivity index (χ1n) is 11.4. The monoisotopic (exact) mass is 455 g/mol. The summed E-state index contributed by atoms with van der Waals surface area (Å²) in [5.41, 5.74) is 8.84. The van der Waals surface area contributed by atoms with Crippen molar-refractivity contribution in [3.8, 4) is 5.75 Å². The fourth-order valence-electron chi connectivity index (χ4n) is 4.54. The van der Waals surface area contributed by atoms with E-state index in [1.165, 1.54) is 11.1 Å². The van der Waals surface area contributed by atoms with Crippen LogP contribution >= 0.6 is 12.2 Å². The third kappa shape index (κ3) is 5.76. The highest BCUT2D eigenvalue weighted by molar-refractivity contribution is 7.80. The van der Waals surface area contributed by atoms with E-state index in [4.69, 9.17) is 22.7 Å². The molecule has 2 atom stereocenters.